The first-order valence-electron chi connectivity index (χ1n) is 6.96. The minimum absolute atomic E-state index is 0.117. The molecule has 0 aliphatic heterocycles. The van der Waals surface area contributed by atoms with Crippen molar-refractivity contribution in [3.8, 4) is 0 Å². The van der Waals surface area contributed by atoms with Gasteiger partial charge in [0.1, 0.15) is 11.6 Å². The van der Waals surface area contributed by atoms with Crippen molar-refractivity contribution in [1.29, 1.82) is 0 Å². The van der Waals surface area contributed by atoms with Crippen LogP contribution in [0.4, 0.5) is 8.78 Å². The number of nitrogens with one attached hydrogen (secondary N) is 1. The van der Waals surface area contributed by atoms with Crippen LogP contribution in [0.2, 0.25) is 0 Å². The third-order valence-corrected chi connectivity index (χ3v) is 6.12. The van der Waals surface area contributed by atoms with E-state index in [2.05, 4.69) is 27.5 Å². The Balaban J connectivity index is 1.97. The van der Waals surface area contributed by atoms with Crippen molar-refractivity contribution in [2.45, 2.75) is 43.4 Å². The zero-order valence-corrected chi connectivity index (χ0v) is 14.0. The summed E-state index contributed by atoms with van der Waals surface area (Å²) in [6, 6.07) is 2.70. The minimum Gasteiger partial charge on any atom is -0.311 e. The monoisotopic (exact) mass is 363 g/mol. The number of rotatable bonds is 5. The van der Waals surface area contributed by atoms with E-state index in [9.17, 15) is 8.78 Å². The predicted octanol–water partition coefficient (Wildman–Crippen LogP) is 4.88. The van der Waals surface area contributed by atoms with Crippen LogP contribution < -0.4 is 5.32 Å². The molecule has 0 amide bonds. The molecule has 0 radical (unpaired) electrons. The summed E-state index contributed by atoms with van der Waals surface area (Å²) < 4.78 is 28.1. The molecule has 0 aromatic heterocycles. The summed E-state index contributed by atoms with van der Waals surface area (Å²) in [5.41, 5.74) is 0.117. The molecule has 1 aromatic rings. The highest BCUT2D eigenvalue weighted by molar-refractivity contribution is 9.10. The van der Waals surface area contributed by atoms with Crippen LogP contribution in [0.5, 0.6) is 0 Å². The fourth-order valence-corrected chi connectivity index (χ4v) is 4.11. The first kappa shape index (κ1) is 16.2. The molecular formula is C15H20BrF2NS. The standard InChI is InChI=1S/C15H20BrF2NS/c1-20-15(7-3-2-4-8-15)10-19-9-11-13(17)6-5-12(16)14(11)18/h5-6,19H,2-4,7-10H2,1H3. The lowest BCUT2D eigenvalue weighted by molar-refractivity contribution is 0.377. The van der Waals surface area contributed by atoms with Gasteiger partial charge in [0.2, 0.25) is 0 Å². The molecule has 1 aliphatic rings. The maximum absolute atomic E-state index is 13.9. The molecule has 1 N–H and O–H groups in total. The third-order valence-electron chi connectivity index (χ3n) is 4.09. The Morgan fingerprint density at radius 2 is 1.95 bits per heavy atom. The van der Waals surface area contributed by atoms with E-state index in [0.717, 1.165) is 6.54 Å². The van der Waals surface area contributed by atoms with E-state index in [4.69, 9.17) is 0 Å². The van der Waals surface area contributed by atoms with Gasteiger partial charge in [-0.25, -0.2) is 8.78 Å². The summed E-state index contributed by atoms with van der Waals surface area (Å²) in [6.45, 7) is 1.04. The Morgan fingerprint density at radius 3 is 2.60 bits per heavy atom. The van der Waals surface area contributed by atoms with Gasteiger partial charge < -0.3 is 5.32 Å². The quantitative estimate of drug-likeness (QED) is 0.747. The summed E-state index contributed by atoms with van der Waals surface area (Å²) in [6.07, 6.45) is 8.31. The third kappa shape index (κ3) is 3.74. The van der Waals surface area contributed by atoms with Crippen molar-refractivity contribution in [1.82, 2.24) is 5.32 Å². The average molecular weight is 364 g/mol. The fourth-order valence-electron chi connectivity index (χ4n) is 2.80. The molecule has 0 bridgehead atoms. The largest absolute Gasteiger partial charge is 0.311 e. The summed E-state index contributed by atoms with van der Waals surface area (Å²) in [4.78, 5) is 0. The van der Waals surface area contributed by atoms with Crippen molar-refractivity contribution in [3.05, 3.63) is 33.8 Å². The summed E-state index contributed by atoms with van der Waals surface area (Å²) in [5, 5.41) is 3.25. The van der Waals surface area contributed by atoms with Gasteiger partial charge in [-0.1, -0.05) is 19.3 Å². The van der Waals surface area contributed by atoms with Crippen LogP contribution in [0.3, 0.4) is 0 Å². The Kier molecular flexibility index (Phi) is 5.87. The van der Waals surface area contributed by atoms with Gasteiger partial charge in [-0.3, -0.25) is 0 Å². The Labute approximate surface area is 132 Å². The predicted molar refractivity (Wildman–Crippen MR) is 85.1 cm³/mol. The molecule has 5 heteroatoms. The maximum atomic E-state index is 13.9. The van der Waals surface area contributed by atoms with Crippen LogP contribution in [0.25, 0.3) is 0 Å². The van der Waals surface area contributed by atoms with Crippen molar-refractivity contribution >= 4 is 27.7 Å². The van der Waals surface area contributed by atoms with Crippen molar-refractivity contribution in [3.63, 3.8) is 0 Å². The smallest absolute Gasteiger partial charge is 0.144 e. The molecule has 1 saturated carbocycles. The highest BCUT2D eigenvalue weighted by Gasteiger charge is 2.30. The number of hydrogen-bond donors (Lipinski definition) is 1. The molecule has 0 atom stereocenters. The summed E-state index contributed by atoms with van der Waals surface area (Å²) >= 11 is 4.98. The van der Waals surface area contributed by atoms with E-state index in [0.29, 0.717) is 4.47 Å². The van der Waals surface area contributed by atoms with Crippen LogP contribution >= 0.6 is 27.7 Å². The Morgan fingerprint density at radius 1 is 1.25 bits per heavy atom. The van der Waals surface area contributed by atoms with Gasteiger partial charge in [0.05, 0.1) is 4.47 Å². The Bertz CT molecular complexity index is 461. The van der Waals surface area contributed by atoms with E-state index in [1.165, 1.54) is 44.2 Å². The lowest BCUT2D eigenvalue weighted by atomic mass is 9.88. The first-order chi connectivity index (χ1) is 9.58. The second-order valence-corrected chi connectivity index (χ2v) is 7.50. The van der Waals surface area contributed by atoms with E-state index >= 15 is 0 Å². The number of benzene rings is 1. The van der Waals surface area contributed by atoms with E-state index in [1.54, 1.807) is 0 Å². The van der Waals surface area contributed by atoms with Gasteiger partial charge in [0.15, 0.2) is 0 Å². The fraction of sp³-hybridized carbons (Fsp3) is 0.600. The zero-order chi connectivity index (χ0) is 14.6. The number of halogens is 3. The van der Waals surface area contributed by atoms with Gasteiger partial charge in [-0.05, 0) is 47.2 Å². The molecule has 0 unspecified atom stereocenters. The second kappa shape index (κ2) is 7.23. The topological polar surface area (TPSA) is 12.0 Å². The molecule has 0 saturated heterocycles. The SMILES string of the molecule is CSC1(CNCc2c(F)ccc(Br)c2F)CCCCC1. The normalized spacial score (nSPS) is 18.2. The number of thioether (sulfide) groups is 1. The van der Waals surface area contributed by atoms with Crippen LogP contribution in [0.15, 0.2) is 16.6 Å². The van der Waals surface area contributed by atoms with Crippen LogP contribution in [-0.2, 0) is 6.54 Å². The lowest BCUT2D eigenvalue weighted by Gasteiger charge is -2.36. The molecule has 1 nitrogen and oxygen atoms in total. The van der Waals surface area contributed by atoms with E-state index in [1.807, 2.05) is 11.8 Å². The van der Waals surface area contributed by atoms with E-state index in [-0.39, 0.29) is 16.9 Å². The van der Waals surface area contributed by atoms with Crippen LogP contribution in [0.1, 0.15) is 37.7 Å². The maximum Gasteiger partial charge on any atom is 0.144 e. The number of hydrogen-bond acceptors (Lipinski definition) is 2. The molecular weight excluding hydrogens is 344 g/mol. The zero-order valence-electron chi connectivity index (χ0n) is 11.6. The summed E-state index contributed by atoms with van der Waals surface area (Å²) in [7, 11) is 0. The highest BCUT2D eigenvalue weighted by Crippen LogP contribution is 2.38. The van der Waals surface area contributed by atoms with Gasteiger partial charge in [0, 0.05) is 23.4 Å². The van der Waals surface area contributed by atoms with E-state index < -0.39 is 11.6 Å². The van der Waals surface area contributed by atoms with Crippen LogP contribution in [0, 0.1) is 11.6 Å². The van der Waals surface area contributed by atoms with Crippen LogP contribution in [-0.4, -0.2) is 17.5 Å². The van der Waals surface area contributed by atoms with Gasteiger partial charge in [-0.15, -0.1) is 0 Å². The second-order valence-electron chi connectivity index (χ2n) is 5.37. The minimum atomic E-state index is -0.501. The van der Waals surface area contributed by atoms with Gasteiger partial charge in [0.25, 0.3) is 0 Å². The Hall–Kier alpha value is -0.130. The molecule has 20 heavy (non-hydrogen) atoms. The average Bonchev–Trinajstić information content (AvgIpc) is 2.48. The molecule has 1 aromatic carbocycles. The van der Waals surface area contributed by atoms with Gasteiger partial charge in [-0.2, -0.15) is 11.8 Å². The molecule has 112 valence electrons. The van der Waals surface area contributed by atoms with Crippen molar-refractivity contribution in [2.24, 2.45) is 0 Å². The van der Waals surface area contributed by atoms with Crippen molar-refractivity contribution < 1.29 is 8.78 Å². The first-order valence-corrected chi connectivity index (χ1v) is 8.98. The van der Waals surface area contributed by atoms with Crippen molar-refractivity contribution in [2.75, 3.05) is 12.8 Å². The highest BCUT2D eigenvalue weighted by atomic mass is 79.9. The molecule has 1 aliphatic carbocycles. The molecule has 0 spiro atoms. The molecule has 1 fully saturated rings. The summed E-state index contributed by atoms with van der Waals surface area (Å²) in [5.74, 6) is -0.987. The molecule has 2 rings (SSSR count). The van der Waals surface area contributed by atoms with Gasteiger partial charge >= 0.3 is 0 Å². The lowest BCUT2D eigenvalue weighted by Crippen LogP contribution is -2.39. The molecule has 0 heterocycles.